The molecule has 3 heteroatoms. The zero-order valence-corrected chi connectivity index (χ0v) is 11.6. The van der Waals surface area contributed by atoms with Crippen molar-refractivity contribution in [2.45, 2.75) is 32.9 Å². The van der Waals surface area contributed by atoms with E-state index in [1.807, 2.05) is 0 Å². The van der Waals surface area contributed by atoms with E-state index in [0.717, 1.165) is 0 Å². The second-order valence-electron chi connectivity index (χ2n) is 2.75. The molecule has 1 heterocycles. The minimum absolute atomic E-state index is 0.0249. The number of hydrogen-bond donors (Lipinski definition) is 0. The predicted octanol–water partition coefficient (Wildman–Crippen LogP) is 3.13. The molecule has 0 nitrogen and oxygen atoms in total. The number of hydrogen-bond acceptors (Lipinski definition) is 0. The average Bonchev–Trinajstić information content (AvgIpc) is 1.78. The molecule has 1 rings (SSSR count). The Hall–Kier alpha value is 1.77. The monoisotopic (exact) mass is 373 g/mol. The van der Waals surface area contributed by atoms with E-state index in [2.05, 4.69) is 32.0 Å². The molecule has 57 valence electrons. The van der Waals surface area contributed by atoms with Crippen molar-refractivity contribution in [1.29, 1.82) is 0 Å². The van der Waals surface area contributed by atoms with Crippen molar-refractivity contribution in [3.63, 3.8) is 0 Å². The zero-order valence-electron chi connectivity index (χ0n) is 6.02. The SMILES string of the molecule is C[Se]1CC[Se](C)(I)CC1. The summed E-state index contributed by atoms with van der Waals surface area (Å²) in [5.41, 5.74) is 0. The van der Waals surface area contributed by atoms with Gasteiger partial charge in [0.25, 0.3) is 0 Å². The summed E-state index contributed by atoms with van der Waals surface area (Å²) in [6.45, 7) is 0. The first kappa shape index (κ1) is 8.86. The van der Waals surface area contributed by atoms with Crippen LogP contribution in [0.15, 0.2) is 0 Å². The first-order valence-electron chi connectivity index (χ1n) is 3.13. The normalized spacial score (nSPS) is 31.9. The fraction of sp³-hybridized carbons (Fsp3) is 1.00. The van der Waals surface area contributed by atoms with E-state index in [-0.39, 0.29) is 13.9 Å². The van der Waals surface area contributed by atoms with Crippen LogP contribution in [0.5, 0.6) is 0 Å². The molecule has 1 aliphatic rings. The molecule has 0 aromatic rings. The van der Waals surface area contributed by atoms with Gasteiger partial charge in [0.15, 0.2) is 0 Å². The number of rotatable bonds is 0. The van der Waals surface area contributed by atoms with Gasteiger partial charge >= 0.3 is 76.8 Å². The van der Waals surface area contributed by atoms with Gasteiger partial charge in [-0.1, -0.05) is 0 Å². The van der Waals surface area contributed by atoms with Crippen LogP contribution in [0.4, 0.5) is 0 Å². The van der Waals surface area contributed by atoms with E-state index >= 15 is 0 Å². The summed E-state index contributed by atoms with van der Waals surface area (Å²) < 4.78 is 0. The van der Waals surface area contributed by atoms with Crippen molar-refractivity contribution >= 4 is 43.8 Å². The van der Waals surface area contributed by atoms with E-state index in [9.17, 15) is 0 Å². The van der Waals surface area contributed by atoms with Gasteiger partial charge in [-0.3, -0.25) is 0 Å². The van der Waals surface area contributed by atoms with Crippen LogP contribution in [-0.4, -0.2) is 23.5 Å². The van der Waals surface area contributed by atoms with Crippen molar-refractivity contribution in [1.82, 2.24) is 0 Å². The first-order chi connectivity index (χ1) is 4.10. The van der Waals surface area contributed by atoms with E-state index in [4.69, 9.17) is 0 Å². The Morgan fingerprint density at radius 3 is 2.11 bits per heavy atom. The van der Waals surface area contributed by atoms with Gasteiger partial charge in [-0.15, -0.1) is 0 Å². The Morgan fingerprint density at radius 1 is 1.33 bits per heavy atom. The molecule has 0 aliphatic carbocycles. The van der Waals surface area contributed by atoms with Crippen LogP contribution in [0.1, 0.15) is 0 Å². The van der Waals surface area contributed by atoms with Gasteiger partial charge in [0.1, 0.15) is 0 Å². The molecule has 0 saturated carbocycles. The van der Waals surface area contributed by atoms with Crippen molar-refractivity contribution < 1.29 is 0 Å². The molecular weight excluding hydrogens is 357 g/mol. The van der Waals surface area contributed by atoms with Crippen LogP contribution < -0.4 is 0 Å². The maximum absolute atomic E-state index is 2.78. The Morgan fingerprint density at radius 2 is 1.78 bits per heavy atom. The molecule has 0 N–H and O–H groups in total. The van der Waals surface area contributed by atoms with Crippen LogP contribution in [0.25, 0.3) is 0 Å². The van der Waals surface area contributed by atoms with Crippen molar-refractivity contribution in [3.05, 3.63) is 0 Å². The molecule has 9 heavy (non-hydrogen) atoms. The zero-order chi connectivity index (χ0) is 6.91. The van der Waals surface area contributed by atoms with Crippen LogP contribution in [-0.2, 0) is 0 Å². The van der Waals surface area contributed by atoms with Crippen molar-refractivity contribution in [2.24, 2.45) is 0 Å². The Balaban J connectivity index is 2.35. The third-order valence-corrected chi connectivity index (χ3v) is 17.1. The fourth-order valence-electron chi connectivity index (χ4n) is 0.836. The summed E-state index contributed by atoms with van der Waals surface area (Å²) >= 11 is 2.75. The fourth-order valence-corrected chi connectivity index (χ4v) is 27.8. The molecule has 1 aliphatic heterocycles. The van der Waals surface area contributed by atoms with Crippen LogP contribution in [0, 0.1) is 0 Å². The third-order valence-electron chi connectivity index (χ3n) is 1.71. The Labute approximate surface area is 76.0 Å². The predicted molar refractivity (Wildman–Crippen MR) is 56.5 cm³/mol. The second kappa shape index (κ2) is 3.44. The van der Waals surface area contributed by atoms with Gasteiger partial charge in [-0.05, 0) is 0 Å². The topological polar surface area (TPSA) is 0 Å². The van der Waals surface area contributed by atoms with Gasteiger partial charge in [-0.25, -0.2) is 0 Å². The standard InChI is InChI=1S/C6H14ISe2/c1-8-3-5-9(2,7)6-4-8/h3-6H2,1-2H3. The Kier molecular flexibility index (Phi) is 3.39. The van der Waals surface area contributed by atoms with Gasteiger partial charge in [0.2, 0.25) is 0 Å². The molecule has 1 radical (unpaired) electrons. The van der Waals surface area contributed by atoms with Gasteiger partial charge < -0.3 is 0 Å². The first-order valence-corrected chi connectivity index (χ1v) is 16.6. The summed E-state index contributed by atoms with van der Waals surface area (Å²) in [7, 11) is -0.792. The molecule has 0 amide bonds. The molecule has 0 unspecified atom stereocenters. The molecule has 1 saturated heterocycles. The van der Waals surface area contributed by atoms with Gasteiger partial charge in [0, 0.05) is 0 Å². The molecule has 1 fully saturated rings. The van der Waals surface area contributed by atoms with E-state index in [0.29, 0.717) is 0 Å². The molecule has 0 spiro atoms. The van der Waals surface area contributed by atoms with Gasteiger partial charge in [0.05, 0.1) is 0 Å². The van der Waals surface area contributed by atoms with Crippen LogP contribution in [0.2, 0.25) is 32.9 Å². The number of halogens is 1. The van der Waals surface area contributed by atoms with E-state index < -0.39 is 9.60 Å². The molecular formula is C6H14ISe2. The second-order valence-corrected chi connectivity index (χ2v) is 25.3. The van der Waals surface area contributed by atoms with Crippen molar-refractivity contribution in [2.75, 3.05) is 0 Å². The minimum atomic E-state index is -0.792. The van der Waals surface area contributed by atoms with Crippen molar-refractivity contribution in [3.8, 4) is 0 Å². The van der Waals surface area contributed by atoms with E-state index in [1.54, 1.807) is 21.3 Å². The summed E-state index contributed by atoms with van der Waals surface area (Å²) in [5, 5.41) is 6.55. The molecule has 0 aromatic carbocycles. The Bertz CT molecular complexity index is 93.2. The summed E-state index contributed by atoms with van der Waals surface area (Å²) in [6.07, 6.45) is 0. The molecule has 0 bridgehead atoms. The summed E-state index contributed by atoms with van der Waals surface area (Å²) in [4.78, 5) is 0. The van der Waals surface area contributed by atoms with Crippen LogP contribution >= 0.6 is 20.3 Å². The average molecular weight is 371 g/mol. The van der Waals surface area contributed by atoms with Crippen LogP contribution in [0.3, 0.4) is 0 Å². The maximum atomic E-state index is 2.78. The summed E-state index contributed by atoms with van der Waals surface area (Å²) in [6, 6.07) is 0. The quantitative estimate of drug-likeness (QED) is 0.454. The molecule has 0 atom stereocenters. The van der Waals surface area contributed by atoms with Gasteiger partial charge in [-0.2, -0.15) is 0 Å². The summed E-state index contributed by atoms with van der Waals surface area (Å²) in [5.74, 6) is 5.07. The third kappa shape index (κ3) is 3.11. The molecule has 0 aromatic heterocycles. The van der Waals surface area contributed by atoms with E-state index in [1.165, 1.54) is 0 Å².